The van der Waals surface area contributed by atoms with Crippen molar-refractivity contribution in [3.8, 4) is 0 Å². The van der Waals surface area contributed by atoms with Gasteiger partial charge < -0.3 is 15.3 Å². The molecule has 0 spiro atoms. The number of amides is 1. The maximum Gasteiger partial charge on any atom is 0.433 e. The molecule has 0 aromatic carbocycles. The first-order chi connectivity index (χ1) is 8.90. The second-order valence-electron chi connectivity index (χ2n) is 4.15. The third-order valence-corrected chi connectivity index (χ3v) is 2.71. The highest BCUT2D eigenvalue weighted by Crippen LogP contribution is 2.30. The molecule has 5 nitrogen and oxygen atoms in total. The molecule has 104 valence electrons. The number of nitrogens with zero attached hydrogens (tertiary/aromatic N) is 2. The largest absolute Gasteiger partial charge is 0.433 e. The van der Waals surface area contributed by atoms with E-state index in [2.05, 4.69) is 10.3 Å². The predicted molar refractivity (Wildman–Crippen MR) is 60.4 cm³/mol. The summed E-state index contributed by atoms with van der Waals surface area (Å²) in [5, 5.41) is 11.6. The molecule has 0 atom stereocenters. The maximum atomic E-state index is 12.7. The standard InChI is InChI=1S/C11H12F3N3O2/c12-11(13,14)8-3-7(6-18)4-9(16-8)17-2-1-15-10(19)5-17/h3-4,18H,1-2,5-6H2,(H,15,19). The highest BCUT2D eigenvalue weighted by molar-refractivity contribution is 5.82. The number of hydrogen-bond donors (Lipinski definition) is 2. The molecule has 0 radical (unpaired) electrons. The number of piperazine rings is 1. The van der Waals surface area contributed by atoms with E-state index in [0.717, 1.165) is 6.07 Å². The Bertz CT molecular complexity index is 491. The minimum Gasteiger partial charge on any atom is -0.392 e. The van der Waals surface area contributed by atoms with Gasteiger partial charge in [-0.3, -0.25) is 4.79 Å². The molecule has 1 aliphatic heterocycles. The summed E-state index contributed by atoms with van der Waals surface area (Å²) in [6, 6.07) is 2.15. The van der Waals surface area contributed by atoms with Gasteiger partial charge in [-0.15, -0.1) is 0 Å². The SMILES string of the molecule is O=C1CN(c2cc(CO)cc(C(F)(F)F)n2)CCN1. The van der Waals surface area contributed by atoms with E-state index in [1.807, 2.05) is 0 Å². The Morgan fingerprint density at radius 3 is 2.74 bits per heavy atom. The van der Waals surface area contributed by atoms with Crippen LogP contribution in [0.4, 0.5) is 19.0 Å². The van der Waals surface area contributed by atoms with E-state index in [-0.39, 0.29) is 23.8 Å². The lowest BCUT2D eigenvalue weighted by Crippen LogP contribution is -2.48. The third kappa shape index (κ3) is 3.14. The zero-order chi connectivity index (χ0) is 14.0. The van der Waals surface area contributed by atoms with Crippen LogP contribution < -0.4 is 10.2 Å². The minimum absolute atomic E-state index is 0.0425. The van der Waals surface area contributed by atoms with Gasteiger partial charge in [0.05, 0.1) is 13.2 Å². The Hall–Kier alpha value is -1.83. The zero-order valence-corrected chi connectivity index (χ0v) is 9.87. The first-order valence-corrected chi connectivity index (χ1v) is 5.61. The van der Waals surface area contributed by atoms with Crippen LogP contribution in [0.2, 0.25) is 0 Å². The Morgan fingerprint density at radius 2 is 2.16 bits per heavy atom. The second-order valence-corrected chi connectivity index (χ2v) is 4.15. The van der Waals surface area contributed by atoms with Gasteiger partial charge in [-0.25, -0.2) is 4.98 Å². The number of aliphatic hydroxyl groups is 1. The van der Waals surface area contributed by atoms with Crippen molar-refractivity contribution in [1.29, 1.82) is 0 Å². The number of pyridine rings is 1. The molecule has 1 saturated heterocycles. The first-order valence-electron chi connectivity index (χ1n) is 5.61. The van der Waals surface area contributed by atoms with E-state index < -0.39 is 18.5 Å². The minimum atomic E-state index is -4.59. The lowest BCUT2D eigenvalue weighted by molar-refractivity contribution is -0.141. The Labute approximate surface area is 107 Å². The molecule has 1 aromatic rings. The zero-order valence-electron chi connectivity index (χ0n) is 9.87. The van der Waals surface area contributed by atoms with Crippen molar-refractivity contribution in [3.63, 3.8) is 0 Å². The van der Waals surface area contributed by atoms with Gasteiger partial charge >= 0.3 is 6.18 Å². The number of nitrogens with one attached hydrogen (secondary N) is 1. The molecule has 0 saturated carbocycles. The van der Waals surface area contributed by atoms with E-state index >= 15 is 0 Å². The molecule has 1 amide bonds. The fourth-order valence-electron chi connectivity index (χ4n) is 1.80. The number of aliphatic hydroxyl groups excluding tert-OH is 1. The fraction of sp³-hybridized carbons (Fsp3) is 0.455. The van der Waals surface area contributed by atoms with Gasteiger partial charge in [0.1, 0.15) is 11.5 Å². The molecule has 1 fully saturated rings. The van der Waals surface area contributed by atoms with Crippen molar-refractivity contribution >= 4 is 11.7 Å². The molecular formula is C11H12F3N3O2. The predicted octanol–water partition coefficient (Wildman–Crippen LogP) is 0.529. The number of anilines is 1. The van der Waals surface area contributed by atoms with Crippen LogP contribution >= 0.6 is 0 Å². The molecule has 0 aliphatic carbocycles. The summed E-state index contributed by atoms with van der Waals surface area (Å²) in [5.74, 6) is -0.218. The molecule has 19 heavy (non-hydrogen) atoms. The van der Waals surface area contributed by atoms with Crippen LogP contribution in [-0.4, -0.2) is 35.6 Å². The second kappa shape index (κ2) is 5.04. The van der Waals surface area contributed by atoms with E-state index in [1.165, 1.54) is 11.0 Å². The molecule has 8 heteroatoms. The van der Waals surface area contributed by atoms with Crippen molar-refractivity contribution in [2.75, 3.05) is 24.5 Å². The number of carbonyl (C=O) groups excluding carboxylic acids is 1. The smallest absolute Gasteiger partial charge is 0.392 e. The molecule has 2 rings (SSSR count). The molecule has 1 aromatic heterocycles. The topological polar surface area (TPSA) is 65.5 Å². The van der Waals surface area contributed by atoms with Crippen LogP contribution in [0.25, 0.3) is 0 Å². The third-order valence-electron chi connectivity index (χ3n) is 2.71. The van der Waals surface area contributed by atoms with E-state index in [4.69, 9.17) is 5.11 Å². The highest BCUT2D eigenvalue weighted by Gasteiger charge is 2.34. The summed E-state index contributed by atoms with van der Waals surface area (Å²) < 4.78 is 38.1. The number of rotatable bonds is 2. The van der Waals surface area contributed by atoms with Gasteiger partial charge in [0, 0.05) is 13.1 Å². The average molecular weight is 275 g/mol. The molecule has 0 unspecified atom stereocenters. The van der Waals surface area contributed by atoms with Crippen LogP contribution in [0.1, 0.15) is 11.3 Å². The van der Waals surface area contributed by atoms with Crippen molar-refractivity contribution in [1.82, 2.24) is 10.3 Å². The van der Waals surface area contributed by atoms with Crippen molar-refractivity contribution in [2.45, 2.75) is 12.8 Å². The summed E-state index contributed by atoms with van der Waals surface area (Å²) in [5.41, 5.74) is -0.955. The Kier molecular flexibility index (Phi) is 3.61. The molecular weight excluding hydrogens is 263 g/mol. The van der Waals surface area contributed by atoms with Gasteiger partial charge in [-0.1, -0.05) is 0 Å². The van der Waals surface area contributed by atoms with Crippen molar-refractivity contribution in [3.05, 3.63) is 23.4 Å². The first kappa shape index (κ1) is 13.6. The van der Waals surface area contributed by atoms with E-state index in [1.54, 1.807) is 0 Å². The molecule has 1 aliphatic rings. The van der Waals surface area contributed by atoms with Gasteiger partial charge in [0.25, 0.3) is 0 Å². The number of carbonyl (C=O) groups is 1. The molecule has 2 N–H and O–H groups in total. The summed E-state index contributed by atoms with van der Waals surface area (Å²) in [7, 11) is 0. The van der Waals surface area contributed by atoms with Gasteiger partial charge in [0.15, 0.2) is 0 Å². The summed E-state index contributed by atoms with van der Waals surface area (Å²) in [4.78, 5) is 16.2. The van der Waals surface area contributed by atoms with Gasteiger partial charge in [0.2, 0.25) is 5.91 Å². The monoisotopic (exact) mass is 275 g/mol. The summed E-state index contributed by atoms with van der Waals surface area (Å²) >= 11 is 0. The summed E-state index contributed by atoms with van der Waals surface area (Å²) in [6.45, 7) is 0.175. The normalized spacial score (nSPS) is 16.4. The molecule has 0 bridgehead atoms. The van der Waals surface area contributed by atoms with Crippen LogP contribution in [0, 0.1) is 0 Å². The Balaban J connectivity index is 2.36. The van der Waals surface area contributed by atoms with Crippen LogP contribution in [0.3, 0.4) is 0 Å². The highest BCUT2D eigenvalue weighted by atomic mass is 19.4. The number of hydrogen-bond acceptors (Lipinski definition) is 4. The number of alkyl halides is 3. The van der Waals surface area contributed by atoms with Crippen LogP contribution in [0.5, 0.6) is 0 Å². The van der Waals surface area contributed by atoms with Gasteiger partial charge in [-0.2, -0.15) is 13.2 Å². The average Bonchev–Trinajstić information content (AvgIpc) is 2.37. The maximum absolute atomic E-state index is 12.7. The van der Waals surface area contributed by atoms with Crippen molar-refractivity contribution < 1.29 is 23.1 Å². The van der Waals surface area contributed by atoms with E-state index in [9.17, 15) is 18.0 Å². The van der Waals surface area contributed by atoms with Gasteiger partial charge in [-0.05, 0) is 17.7 Å². The number of aromatic nitrogens is 1. The van der Waals surface area contributed by atoms with Crippen molar-refractivity contribution in [2.24, 2.45) is 0 Å². The fourth-order valence-corrected chi connectivity index (χ4v) is 1.80. The number of halogens is 3. The quantitative estimate of drug-likeness (QED) is 0.826. The lowest BCUT2D eigenvalue weighted by atomic mass is 10.2. The molecule has 2 heterocycles. The van der Waals surface area contributed by atoms with Crippen LogP contribution in [0.15, 0.2) is 12.1 Å². The Morgan fingerprint density at radius 1 is 1.42 bits per heavy atom. The lowest BCUT2D eigenvalue weighted by Gasteiger charge is -2.28. The van der Waals surface area contributed by atoms with E-state index in [0.29, 0.717) is 13.1 Å². The van der Waals surface area contributed by atoms with Crippen LogP contribution in [-0.2, 0) is 17.6 Å². The summed E-state index contributed by atoms with van der Waals surface area (Å²) in [6.07, 6.45) is -4.59.